The molecule has 58 heavy (non-hydrogen) atoms. The summed E-state index contributed by atoms with van der Waals surface area (Å²) in [6.07, 6.45) is 0. The van der Waals surface area contributed by atoms with Crippen molar-refractivity contribution < 1.29 is 13.9 Å². The maximum Gasteiger partial charge on any atom is 0.258 e. The third-order valence-corrected chi connectivity index (χ3v) is 13.7. The van der Waals surface area contributed by atoms with Crippen LogP contribution in [0.1, 0.15) is 0 Å². The summed E-state index contributed by atoms with van der Waals surface area (Å²) in [6.45, 7) is -0.0436. The topological polar surface area (TPSA) is 38.1 Å². The van der Waals surface area contributed by atoms with Gasteiger partial charge in [-0.15, -0.1) is 11.3 Å². The first-order valence-electron chi connectivity index (χ1n) is 19.7. The lowest BCUT2D eigenvalue weighted by molar-refractivity contribution is 0.486. The van der Waals surface area contributed by atoms with Gasteiger partial charge in [0, 0.05) is 56.0 Å². The summed E-state index contributed by atoms with van der Waals surface area (Å²) < 4.78 is 21.7. The van der Waals surface area contributed by atoms with E-state index in [1.807, 2.05) is 11.3 Å². The van der Waals surface area contributed by atoms with E-state index in [2.05, 4.69) is 180 Å². The third-order valence-electron chi connectivity index (χ3n) is 12.6. The molecule has 4 aliphatic heterocycles. The number of furan rings is 1. The number of benzene rings is 8. The monoisotopic (exact) mass is 758 g/mol. The van der Waals surface area contributed by atoms with Gasteiger partial charge in [-0.1, -0.05) is 97.1 Å². The Labute approximate surface area is 338 Å². The van der Waals surface area contributed by atoms with Gasteiger partial charge in [0.1, 0.15) is 34.2 Å². The average Bonchev–Trinajstić information content (AvgIpc) is 3.82. The number of hydrogen-bond donors (Lipinski definition) is 0. The molecule has 268 valence electrons. The first kappa shape index (κ1) is 31.0. The number of anilines is 6. The van der Waals surface area contributed by atoms with Crippen molar-refractivity contribution in [2.24, 2.45) is 0 Å². The molecule has 0 atom stereocenters. The summed E-state index contributed by atoms with van der Waals surface area (Å²) in [5, 5.41) is 4.66. The first-order chi connectivity index (χ1) is 28.8. The lowest BCUT2D eigenvalue weighted by atomic mass is 9.34. The molecule has 14 rings (SSSR count). The molecule has 4 aliphatic rings. The average molecular weight is 758 g/mol. The Bertz CT molecular complexity index is 3400. The normalized spacial score (nSPS) is 14.0. The molecule has 0 unspecified atom stereocenters. The second-order valence-electron chi connectivity index (χ2n) is 15.5. The largest absolute Gasteiger partial charge is 0.458 e. The van der Waals surface area contributed by atoms with Crippen molar-refractivity contribution in [3.8, 4) is 23.0 Å². The summed E-state index contributed by atoms with van der Waals surface area (Å²) in [5.74, 6) is 3.41. The van der Waals surface area contributed by atoms with E-state index < -0.39 is 0 Å². The van der Waals surface area contributed by atoms with Crippen molar-refractivity contribution >= 4 is 123 Å². The van der Waals surface area contributed by atoms with Gasteiger partial charge in [-0.05, 0) is 98.8 Å². The zero-order chi connectivity index (χ0) is 37.6. The Kier molecular flexibility index (Phi) is 6.01. The van der Waals surface area contributed by atoms with Crippen LogP contribution in [-0.2, 0) is 0 Å². The fourth-order valence-electron chi connectivity index (χ4n) is 10.2. The van der Waals surface area contributed by atoms with Gasteiger partial charge in [0.25, 0.3) is 13.4 Å². The van der Waals surface area contributed by atoms with E-state index in [0.717, 1.165) is 78.6 Å². The molecule has 10 aromatic rings. The van der Waals surface area contributed by atoms with Crippen LogP contribution in [0, 0.1) is 0 Å². The Hall–Kier alpha value is -7.15. The van der Waals surface area contributed by atoms with Gasteiger partial charge < -0.3 is 23.7 Å². The van der Waals surface area contributed by atoms with Gasteiger partial charge >= 0.3 is 0 Å². The molecule has 8 aromatic carbocycles. The molecular formula is C50H28B2N2O3S. The Morgan fingerprint density at radius 1 is 0.397 bits per heavy atom. The van der Waals surface area contributed by atoms with Crippen molar-refractivity contribution in [1.29, 1.82) is 0 Å². The van der Waals surface area contributed by atoms with Crippen molar-refractivity contribution in [3.63, 3.8) is 0 Å². The minimum atomic E-state index is -0.0278. The van der Waals surface area contributed by atoms with Crippen LogP contribution in [0.25, 0.3) is 32.0 Å². The zero-order valence-corrected chi connectivity index (χ0v) is 31.7. The summed E-state index contributed by atoms with van der Waals surface area (Å²) >= 11 is 1.86. The molecule has 8 heteroatoms. The quantitative estimate of drug-likeness (QED) is 0.164. The number of para-hydroxylation sites is 3. The number of fused-ring (bicyclic) bond motifs is 13. The molecule has 0 spiro atoms. The molecule has 0 amide bonds. The highest BCUT2D eigenvalue weighted by Crippen LogP contribution is 2.47. The van der Waals surface area contributed by atoms with Crippen molar-refractivity contribution in [2.45, 2.75) is 0 Å². The van der Waals surface area contributed by atoms with Gasteiger partial charge in [0.2, 0.25) is 0 Å². The fourth-order valence-corrected chi connectivity index (χ4v) is 11.5. The van der Waals surface area contributed by atoms with Gasteiger partial charge in [0.05, 0.1) is 5.00 Å². The van der Waals surface area contributed by atoms with Gasteiger partial charge in [-0.25, -0.2) is 0 Å². The maximum atomic E-state index is 6.89. The van der Waals surface area contributed by atoms with Crippen LogP contribution < -0.4 is 52.1 Å². The number of ether oxygens (including phenoxy) is 2. The van der Waals surface area contributed by atoms with E-state index in [9.17, 15) is 0 Å². The van der Waals surface area contributed by atoms with Crippen LogP contribution in [0.4, 0.5) is 33.4 Å². The summed E-state index contributed by atoms with van der Waals surface area (Å²) in [7, 11) is 0. The van der Waals surface area contributed by atoms with Crippen LogP contribution in [0.5, 0.6) is 23.0 Å². The molecule has 2 aromatic heterocycles. The van der Waals surface area contributed by atoms with E-state index in [4.69, 9.17) is 13.9 Å². The van der Waals surface area contributed by atoms with Gasteiger partial charge in [-0.2, -0.15) is 0 Å². The van der Waals surface area contributed by atoms with E-state index in [1.54, 1.807) is 0 Å². The molecule has 6 heterocycles. The van der Waals surface area contributed by atoms with Crippen molar-refractivity contribution in [1.82, 2.24) is 0 Å². The molecule has 0 N–H and O–H groups in total. The third kappa shape index (κ3) is 4.02. The van der Waals surface area contributed by atoms with E-state index in [1.165, 1.54) is 42.6 Å². The number of rotatable bonds is 2. The van der Waals surface area contributed by atoms with Crippen LogP contribution in [0.15, 0.2) is 174 Å². The second-order valence-corrected chi connectivity index (χ2v) is 16.6. The Morgan fingerprint density at radius 2 is 0.948 bits per heavy atom. The van der Waals surface area contributed by atoms with E-state index >= 15 is 0 Å². The summed E-state index contributed by atoms with van der Waals surface area (Å²) in [5.41, 5.74) is 14.5. The highest BCUT2D eigenvalue weighted by Gasteiger charge is 2.45. The predicted octanol–water partition coefficient (Wildman–Crippen LogP) is 9.61. The van der Waals surface area contributed by atoms with Gasteiger partial charge in [-0.3, -0.25) is 0 Å². The predicted molar refractivity (Wildman–Crippen MR) is 241 cm³/mol. The second kappa shape index (κ2) is 11.2. The lowest BCUT2D eigenvalue weighted by Crippen LogP contribution is -2.59. The standard InChI is InChI=1S/C50H28B2N2O3S/c1-3-13-29(14-4-1)53-37-19-9-8-18-34(37)51-35-25-32-33-26-36-45(28-43(33)57-42(32)27-44(35)55-40-22-11-20-38(53)48(40)51)56-41-23-12-21-39-49(41)52(36)47-31-17-7-10-24-46(31)58-50(47)54(39)30-15-5-2-6-16-30/h1-28H. The molecular weight excluding hydrogens is 730 g/mol. The van der Waals surface area contributed by atoms with Crippen LogP contribution in [0.3, 0.4) is 0 Å². The minimum Gasteiger partial charge on any atom is -0.458 e. The molecule has 0 radical (unpaired) electrons. The summed E-state index contributed by atoms with van der Waals surface area (Å²) in [4.78, 5) is 4.80. The molecule has 5 nitrogen and oxygen atoms in total. The van der Waals surface area contributed by atoms with Crippen LogP contribution in [0.2, 0.25) is 0 Å². The number of thiophene rings is 1. The Morgan fingerprint density at radius 3 is 1.66 bits per heavy atom. The van der Waals surface area contributed by atoms with Crippen molar-refractivity contribution in [3.05, 3.63) is 170 Å². The SMILES string of the molecule is c1ccc(N2c3ccccc3B3c4cc5c(cc4Oc4cccc2c43)oc2cc3c(cc25)B2c4c(cccc4N(c4ccccc4)c4sc5ccccc5c42)O3)cc1. The van der Waals surface area contributed by atoms with Crippen LogP contribution >= 0.6 is 11.3 Å². The molecule has 0 bridgehead atoms. The molecule has 0 saturated carbocycles. The highest BCUT2D eigenvalue weighted by molar-refractivity contribution is 7.26. The molecule has 0 saturated heterocycles. The summed E-state index contributed by atoms with van der Waals surface area (Å²) in [6, 6.07) is 60.7. The first-order valence-corrected chi connectivity index (χ1v) is 20.5. The molecule has 0 aliphatic carbocycles. The lowest BCUT2D eigenvalue weighted by Gasteiger charge is -2.39. The van der Waals surface area contributed by atoms with Gasteiger partial charge in [0.15, 0.2) is 0 Å². The van der Waals surface area contributed by atoms with Crippen LogP contribution in [-0.4, -0.2) is 13.4 Å². The van der Waals surface area contributed by atoms with E-state index in [0.29, 0.717) is 0 Å². The maximum absolute atomic E-state index is 6.89. The van der Waals surface area contributed by atoms with E-state index in [-0.39, 0.29) is 13.4 Å². The van der Waals surface area contributed by atoms with Crippen molar-refractivity contribution in [2.75, 3.05) is 9.80 Å². The smallest absolute Gasteiger partial charge is 0.258 e. The number of hydrogen-bond acceptors (Lipinski definition) is 6. The fraction of sp³-hybridized carbons (Fsp3) is 0. The highest BCUT2D eigenvalue weighted by atomic mass is 32.1. The zero-order valence-electron chi connectivity index (χ0n) is 30.8. The molecule has 0 fully saturated rings. The Balaban J connectivity index is 0.996. The minimum absolute atomic E-state index is 0.0158. The number of nitrogens with zero attached hydrogens (tertiary/aromatic N) is 2.